The van der Waals surface area contributed by atoms with Crippen LogP contribution in [0.2, 0.25) is 0 Å². The normalized spacial score (nSPS) is 11.8. The average molecular weight is 403 g/mol. The minimum Gasteiger partial charge on any atom is -0.289 e. The maximum atomic E-state index is 13.6. The Morgan fingerprint density at radius 3 is 2.19 bits per heavy atom. The molecule has 0 N–H and O–H groups in total. The average Bonchev–Trinajstić information content (AvgIpc) is 3.22. The maximum absolute atomic E-state index is 13.6. The predicted octanol–water partition coefficient (Wildman–Crippen LogP) is 7.28. The van der Waals surface area contributed by atoms with Gasteiger partial charge in [-0.2, -0.15) is 0 Å². The highest BCUT2D eigenvalue weighted by Gasteiger charge is 2.26. The van der Waals surface area contributed by atoms with Crippen LogP contribution in [0.25, 0.3) is 22.3 Å². The summed E-state index contributed by atoms with van der Waals surface area (Å²) >= 11 is 0. The van der Waals surface area contributed by atoms with Gasteiger partial charge in [0.2, 0.25) is 0 Å². The highest BCUT2D eigenvalue weighted by atomic mass is 16.1. The third-order valence-corrected chi connectivity index (χ3v) is 6.55. The zero-order chi connectivity index (χ0) is 21.4. The Hall–Kier alpha value is -3.45. The van der Waals surface area contributed by atoms with E-state index < -0.39 is 0 Å². The topological polar surface area (TPSA) is 17.1 Å². The van der Waals surface area contributed by atoms with Crippen LogP contribution in [-0.4, -0.2) is 5.78 Å². The zero-order valence-electron chi connectivity index (χ0n) is 18.1. The number of fused-ring (bicyclic) bond motifs is 3. The molecule has 0 atom stereocenters. The third kappa shape index (κ3) is 3.21. The van der Waals surface area contributed by atoms with Crippen molar-refractivity contribution in [1.29, 1.82) is 0 Å². The van der Waals surface area contributed by atoms with E-state index in [1.54, 1.807) is 0 Å². The highest BCUT2D eigenvalue weighted by Crippen LogP contribution is 2.44. The molecule has 0 saturated heterocycles. The van der Waals surface area contributed by atoms with Crippen molar-refractivity contribution in [3.8, 4) is 22.3 Å². The fourth-order valence-electron chi connectivity index (χ4n) is 5.06. The van der Waals surface area contributed by atoms with E-state index in [-0.39, 0.29) is 5.78 Å². The van der Waals surface area contributed by atoms with Crippen LogP contribution < -0.4 is 0 Å². The van der Waals surface area contributed by atoms with Crippen LogP contribution in [0.15, 0.2) is 84.9 Å². The van der Waals surface area contributed by atoms with E-state index in [1.165, 1.54) is 38.9 Å². The van der Waals surface area contributed by atoms with Gasteiger partial charge in [-0.3, -0.25) is 4.79 Å². The lowest BCUT2D eigenvalue weighted by atomic mass is 9.83. The summed E-state index contributed by atoms with van der Waals surface area (Å²) in [6, 6.07) is 29.1. The monoisotopic (exact) mass is 402 g/mol. The van der Waals surface area contributed by atoms with Crippen molar-refractivity contribution in [2.75, 3.05) is 0 Å². The second kappa shape index (κ2) is 8.00. The van der Waals surface area contributed by atoms with Gasteiger partial charge in [-0.05, 0) is 63.8 Å². The Morgan fingerprint density at radius 2 is 1.42 bits per heavy atom. The summed E-state index contributed by atoms with van der Waals surface area (Å²) in [5, 5.41) is 0. The Bertz CT molecular complexity index is 1280. The summed E-state index contributed by atoms with van der Waals surface area (Å²) in [7, 11) is 0. The van der Waals surface area contributed by atoms with Crippen LogP contribution in [0.4, 0.5) is 0 Å². The number of carbonyl (C=O) groups excluding carboxylic acids is 1. The SMILES string of the molecule is CCc1ccc(C(=O)c2ccccc2)c(-c2cccc3c2Cc2ccccc2-3)c1CC. The van der Waals surface area contributed by atoms with Crippen molar-refractivity contribution in [1.82, 2.24) is 0 Å². The summed E-state index contributed by atoms with van der Waals surface area (Å²) in [6.07, 6.45) is 2.79. The molecule has 5 rings (SSSR count). The molecule has 0 heterocycles. The zero-order valence-corrected chi connectivity index (χ0v) is 18.1. The van der Waals surface area contributed by atoms with Gasteiger partial charge in [0.1, 0.15) is 0 Å². The molecule has 0 spiro atoms. The molecule has 4 aromatic carbocycles. The first kappa shape index (κ1) is 19.5. The second-order valence-electron chi connectivity index (χ2n) is 8.19. The van der Waals surface area contributed by atoms with E-state index in [4.69, 9.17) is 0 Å². The number of aryl methyl sites for hydroxylation is 1. The molecule has 0 aliphatic heterocycles. The minimum atomic E-state index is 0.0982. The van der Waals surface area contributed by atoms with Crippen molar-refractivity contribution in [2.45, 2.75) is 33.1 Å². The van der Waals surface area contributed by atoms with Gasteiger partial charge in [0.15, 0.2) is 5.78 Å². The molecule has 0 amide bonds. The third-order valence-electron chi connectivity index (χ3n) is 6.55. The van der Waals surface area contributed by atoms with Gasteiger partial charge in [-0.25, -0.2) is 0 Å². The lowest BCUT2D eigenvalue weighted by Crippen LogP contribution is -2.08. The molecule has 0 radical (unpaired) electrons. The minimum absolute atomic E-state index is 0.0982. The van der Waals surface area contributed by atoms with Crippen LogP contribution in [0.3, 0.4) is 0 Å². The largest absolute Gasteiger partial charge is 0.289 e. The fourth-order valence-corrected chi connectivity index (χ4v) is 5.06. The molecule has 1 heteroatoms. The van der Waals surface area contributed by atoms with Crippen molar-refractivity contribution >= 4 is 5.78 Å². The molecule has 0 fully saturated rings. The van der Waals surface area contributed by atoms with Crippen molar-refractivity contribution < 1.29 is 4.79 Å². The molecule has 31 heavy (non-hydrogen) atoms. The summed E-state index contributed by atoms with van der Waals surface area (Å²) in [5.74, 6) is 0.0982. The van der Waals surface area contributed by atoms with Crippen molar-refractivity contribution in [2.24, 2.45) is 0 Å². The smallest absolute Gasteiger partial charge is 0.193 e. The number of hydrogen-bond acceptors (Lipinski definition) is 1. The number of benzene rings is 4. The molecule has 1 aliphatic carbocycles. The highest BCUT2D eigenvalue weighted by molar-refractivity contribution is 6.13. The number of ketones is 1. The standard InChI is InChI=1S/C30H26O/c1-3-20-17-18-27(30(31)21-11-6-5-7-12-21)29(23(20)4-2)26-16-10-15-25-24-14-9-8-13-22(24)19-28(25)26/h5-18H,3-4,19H2,1-2H3. The Balaban J connectivity index is 1.78. The van der Waals surface area contributed by atoms with Gasteiger partial charge in [0.25, 0.3) is 0 Å². The van der Waals surface area contributed by atoms with Crippen LogP contribution in [0.5, 0.6) is 0 Å². The maximum Gasteiger partial charge on any atom is 0.193 e. The van der Waals surface area contributed by atoms with Gasteiger partial charge in [-0.15, -0.1) is 0 Å². The summed E-state index contributed by atoms with van der Waals surface area (Å²) < 4.78 is 0. The predicted molar refractivity (Wildman–Crippen MR) is 129 cm³/mol. The van der Waals surface area contributed by atoms with Gasteiger partial charge < -0.3 is 0 Å². The molecule has 1 nitrogen and oxygen atoms in total. The molecule has 1 aliphatic rings. The lowest BCUT2D eigenvalue weighted by Gasteiger charge is -2.20. The molecular weight excluding hydrogens is 376 g/mol. The summed E-state index contributed by atoms with van der Waals surface area (Å²) in [5.41, 5.74) is 11.8. The molecule has 0 bridgehead atoms. The van der Waals surface area contributed by atoms with Crippen LogP contribution in [0, 0.1) is 0 Å². The summed E-state index contributed by atoms with van der Waals surface area (Å²) in [6.45, 7) is 4.40. The first-order chi connectivity index (χ1) is 15.2. The quantitative estimate of drug-likeness (QED) is 0.282. The Morgan fingerprint density at radius 1 is 0.710 bits per heavy atom. The van der Waals surface area contributed by atoms with Crippen LogP contribution >= 0.6 is 0 Å². The van der Waals surface area contributed by atoms with Crippen LogP contribution in [-0.2, 0) is 19.3 Å². The first-order valence-corrected chi connectivity index (χ1v) is 11.2. The van der Waals surface area contributed by atoms with Gasteiger partial charge >= 0.3 is 0 Å². The fraction of sp³-hybridized carbons (Fsp3) is 0.167. The molecule has 0 saturated carbocycles. The first-order valence-electron chi connectivity index (χ1n) is 11.2. The Kier molecular flexibility index (Phi) is 5.03. The van der Waals surface area contributed by atoms with Crippen LogP contribution in [0.1, 0.15) is 52.0 Å². The molecular formula is C30H26O. The van der Waals surface area contributed by atoms with E-state index >= 15 is 0 Å². The number of carbonyl (C=O) groups is 1. The van der Waals surface area contributed by atoms with E-state index in [0.717, 1.165) is 36.0 Å². The molecule has 0 aromatic heterocycles. The van der Waals surface area contributed by atoms with E-state index in [9.17, 15) is 4.79 Å². The molecule has 4 aromatic rings. The number of rotatable bonds is 5. The van der Waals surface area contributed by atoms with E-state index in [2.05, 4.69) is 62.4 Å². The van der Waals surface area contributed by atoms with E-state index in [0.29, 0.717) is 0 Å². The lowest BCUT2D eigenvalue weighted by molar-refractivity contribution is 0.103. The van der Waals surface area contributed by atoms with Gasteiger partial charge in [-0.1, -0.05) is 98.8 Å². The van der Waals surface area contributed by atoms with E-state index in [1.807, 2.05) is 36.4 Å². The second-order valence-corrected chi connectivity index (χ2v) is 8.19. The van der Waals surface area contributed by atoms with Crippen molar-refractivity contribution in [3.63, 3.8) is 0 Å². The number of hydrogen-bond donors (Lipinski definition) is 0. The van der Waals surface area contributed by atoms with Gasteiger partial charge in [0, 0.05) is 11.1 Å². The summed E-state index contributed by atoms with van der Waals surface area (Å²) in [4.78, 5) is 13.6. The Labute approximate surface area is 184 Å². The van der Waals surface area contributed by atoms with Crippen molar-refractivity contribution in [3.05, 3.63) is 118 Å². The molecule has 0 unspecified atom stereocenters. The van der Waals surface area contributed by atoms with Gasteiger partial charge in [0.05, 0.1) is 0 Å². The molecule has 152 valence electrons.